The molecule has 0 N–H and O–H groups in total. The SMILES string of the molecule is O=C(SC(F)F)c1ccc(-c2ccccc2)cc1. The molecule has 2 rings (SSSR count). The number of alkyl halides is 2. The van der Waals surface area contributed by atoms with Crippen molar-refractivity contribution in [3.8, 4) is 11.1 Å². The van der Waals surface area contributed by atoms with Gasteiger partial charge in [-0.05, 0) is 35.0 Å². The number of thioether (sulfide) groups is 1. The molecule has 2 aromatic carbocycles. The van der Waals surface area contributed by atoms with Crippen LogP contribution in [0.5, 0.6) is 0 Å². The van der Waals surface area contributed by atoms with Gasteiger partial charge in [0, 0.05) is 5.56 Å². The Labute approximate surface area is 108 Å². The highest BCUT2D eigenvalue weighted by molar-refractivity contribution is 8.14. The van der Waals surface area contributed by atoms with Gasteiger partial charge in [-0.2, -0.15) is 8.78 Å². The van der Waals surface area contributed by atoms with E-state index in [2.05, 4.69) is 0 Å². The highest BCUT2D eigenvalue weighted by Gasteiger charge is 2.13. The highest BCUT2D eigenvalue weighted by atomic mass is 32.2. The van der Waals surface area contributed by atoms with Crippen molar-refractivity contribution in [1.82, 2.24) is 0 Å². The standard InChI is InChI=1S/C14H10F2OS/c15-14(16)18-13(17)12-8-6-11(7-9-12)10-4-2-1-3-5-10/h1-9,14H. The number of carbonyl (C=O) groups excluding carboxylic acids is 1. The lowest BCUT2D eigenvalue weighted by molar-refractivity contribution is 0.108. The van der Waals surface area contributed by atoms with Gasteiger partial charge in [-0.15, -0.1) is 0 Å². The van der Waals surface area contributed by atoms with Crippen molar-refractivity contribution in [3.05, 3.63) is 60.2 Å². The van der Waals surface area contributed by atoms with Crippen LogP contribution in [-0.4, -0.2) is 10.9 Å². The van der Waals surface area contributed by atoms with Crippen LogP contribution in [0.3, 0.4) is 0 Å². The largest absolute Gasteiger partial charge is 0.291 e. The molecule has 0 aromatic heterocycles. The highest BCUT2D eigenvalue weighted by Crippen LogP contribution is 2.23. The second-order valence-electron chi connectivity index (χ2n) is 3.61. The molecule has 0 heterocycles. The zero-order valence-electron chi connectivity index (χ0n) is 9.35. The molecule has 4 heteroatoms. The number of carbonyl (C=O) groups is 1. The minimum Gasteiger partial charge on any atom is -0.281 e. The molecule has 0 radical (unpaired) electrons. The molecule has 0 amide bonds. The van der Waals surface area contributed by atoms with Gasteiger partial charge in [-0.3, -0.25) is 4.79 Å². The van der Waals surface area contributed by atoms with E-state index in [1.165, 1.54) is 0 Å². The molecular weight excluding hydrogens is 254 g/mol. The van der Waals surface area contributed by atoms with Crippen molar-refractivity contribution in [2.75, 3.05) is 0 Å². The van der Waals surface area contributed by atoms with Crippen molar-refractivity contribution in [1.29, 1.82) is 0 Å². The zero-order valence-corrected chi connectivity index (χ0v) is 10.2. The summed E-state index contributed by atoms with van der Waals surface area (Å²) in [4.78, 5) is 11.4. The Hall–Kier alpha value is -1.68. The third-order valence-corrected chi connectivity index (χ3v) is 3.05. The van der Waals surface area contributed by atoms with E-state index in [1.54, 1.807) is 24.3 Å². The Morgan fingerprint density at radius 2 is 1.44 bits per heavy atom. The van der Waals surface area contributed by atoms with Gasteiger partial charge < -0.3 is 0 Å². The van der Waals surface area contributed by atoms with Crippen molar-refractivity contribution in [3.63, 3.8) is 0 Å². The van der Waals surface area contributed by atoms with Crippen molar-refractivity contribution in [2.24, 2.45) is 0 Å². The summed E-state index contributed by atoms with van der Waals surface area (Å²) in [6.45, 7) is 0. The third kappa shape index (κ3) is 3.17. The smallest absolute Gasteiger partial charge is 0.281 e. The first kappa shape index (κ1) is 12.8. The Morgan fingerprint density at radius 1 is 0.889 bits per heavy atom. The maximum atomic E-state index is 12.1. The van der Waals surface area contributed by atoms with E-state index >= 15 is 0 Å². The second kappa shape index (κ2) is 5.78. The van der Waals surface area contributed by atoms with Gasteiger partial charge in [0.1, 0.15) is 0 Å². The predicted molar refractivity (Wildman–Crippen MR) is 69.8 cm³/mol. The average molecular weight is 264 g/mol. The molecule has 0 bridgehead atoms. The monoisotopic (exact) mass is 264 g/mol. The Morgan fingerprint density at radius 3 is 2.00 bits per heavy atom. The normalized spacial score (nSPS) is 10.6. The fraction of sp³-hybridized carbons (Fsp3) is 0.0714. The molecule has 0 fully saturated rings. The van der Waals surface area contributed by atoms with Crippen LogP contribution in [0.4, 0.5) is 8.78 Å². The topological polar surface area (TPSA) is 17.1 Å². The Bertz CT molecular complexity index is 523. The lowest BCUT2D eigenvalue weighted by atomic mass is 10.0. The summed E-state index contributed by atoms with van der Waals surface area (Å²) in [5.41, 5.74) is 2.27. The lowest BCUT2D eigenvalue weighted by Gasteiger charge is -2.03. The fourth-order valence-electron chi connectivity index (χ4n) is 1.58. The van der Waals surface area contributed by atoms with Crippen molar-refractivity contribution >= 4 is 16.9 Å². The first-order chi connectivity index (χ1) is 8.66. The van der Waals surface area contributed by atoms with Gasteiger partial charge in [0.2, 0.25) is 5.12 Å². The molecule has 0 atom stereocenters. The summed E-state index contributed by atoms with van der Waals surface area (Å²) in [6, 6.07) is 16.3. The summed E-state index contributed by atoms with van der Waals surface area (Å²) in [7, 11) is 0. The van der Waals surface area contributed by atoms with E-state index in [4.69, 9.17) is 0 Å². The average Bonchev–Trinajstić information content (AvgIpc) is 2.39. The molecule has 0 aliphatic heterocycles. The lowest BCUT2D eigenvalue weighted by Crippen LogP contribution is -1.96. The molecular formula is C14H10F2OS. The quantitative estimate of drug-likeness (QED) is 0.814. The maximum Gasteiger partial charge on any atom is 0.291 e. The molecule has 92 valence electrons. The fourth-order valence-corrected chi connectivity index (χ4v) is 2.01. The van der Waals surface area contributed by atoms with Gasteiger partial charge >= 0.3 is 0 Å². The predicted octanol–water partition coefficient (Wildman–Crippen LogP) is 4.45. The minimum atomic E-state index is -2.67. The van der Waals surface area contributed by atoms with Crippen LogP contribution in [-0.2, 0) is 0 Å². The van der Waals surface area contributed by atoms with E-state index in [-0.39, 0.29) is 11.8 Å². The summed E-state index contributed by atoms with van der Waals surface area (Å²) in [6.07, 6.45) is 0. The Kier molecular flexibility index (Phi) is 4.10. The molecule has 0 aliphatic rings. The summed E-state index contributed by atoms with van der Waals surface area (Å²) in [5.74, 6) is -2.67. The number of hydrogen-bond donors (Lipinski definition) is 0. The summed E-state index contributed by atoms with van der Waals surface area (Å²) >= 11 is 0.0369. The number of benzene rings is 2. The minimum absolute atomic E-state index is 0.0369. The molecule has 0 aliphatic carbocycles. The third-order valence-electron chi connectivity index (χ3n) is 2.42. The van der Waals surface area contributed by atoms with E-state index in [9.17, 15) is 13.6 Å². The van der Waals surface area contributed by atoms with Crippen molar-refractivity contribution < 1.29 is 13.6 Å². The summed E-state index contributed by atoms with van der Waals surface area (Å²) in [5, 5.41) is -0.607. The second-order valence-corrected chi connectivity index (χ2v) is 4.57. The van der Waals surface area contributed by atoms with Gasteiger partial charge in [-0.25, -0.2) is 0 Å². The van der Waals surface area contributed by atoms with Crippen LogP contribution in [0, 0.1) is 0 Å². The molecule has 18 heavy (non-hydrogen) atoms. The maximum absolute atomic E-state index is 12.1. The van der Waals surface area contributed by atoms with E-state index < -0.39 is 10.9 Å². The molecule has 0 spiro atoms. The van der Waals surface area contributed by atoms with E-state index in [1.807, 2.05) is 30.3 Å². The van der Waals surface area contributed by atoms with Crippen LogP contribution in [0.2, 0.25) is 0 Å². The number of rotatable bonds is 3. The first-order valence-electron chi connectivity index (χ1n) is 5.31. The van der Waals surface area contributed by atoms with Gasteiger partial charge in [0.15, 0.2) is 0 Å². The van der Waals surface area contributed by atoms with Crippen molar-refractivity contribution in [2.45, 2.75) is 5.76 Å². The van der Waals surface area contributed by atoms with Crippen LogP contribution >= 0.6 is 11.8 Å². The van der Waals surface area contributed by atoms with Crippen LogP contribution in [0.15, 0.2) is 54.6 Å². The molecule has 2 aromatic rings. The van der Waals surface area contributed by atoms with Crippen LogP contribution in [0.25, 0.3) is 11.1 Å². The van der Waals surface area contributed by atoms with Crippen LogP contribution < -0.4 is 0 Å². The summed E-state index contributed by atoms with van der Waals surface area (Å²) < 4.78 is 24.1. The number of hydrogen-bond acceptors (Lipinski definition) is 2. The molecule has 0 saturated carbocycles. The Balaban J connectivity index is 2.18. The van der Waals surface area contributed by atoms with Gasteiger partial charge in [0.05, 0.1) is 0 Å². The van der Waals surface area contributed by atoms with Crippen LogP contribution in [0.1, 0.15) is 10.4 Å². The van der Waals surface area contributed by atoms with E-state index in [0.29, 0.717) is 5.56 Å². The van der Waals surface area contributed by atoms with E-state index in [0.717, 1.165) is 11.1 Å². The van der Waals surface area contributed by atoms with Gasteiger partial charge in [0.25, 0.3) is 5.76 Å². The molecule has 0 saturated heterocycles. The van der Waals surface area contributed by atoms with Gasteiger partial charge in [-0.1, -0.05) is 42.5 Å². The molecule has 1 nitrogen and oxygen atoms in total. The zero-order chi connectivity index (χ0) is 13.0. The molecule has 0 unspecified atom stereocenters. The first-order valence-corrected chi connectivity index (χ1v) is 6.19. The number of halogens is 2.